The Hall–Kier alpha value is -3.07. The first-order valence-electron chi connectivity index (χ1n) is 8.67. The van der Waals surface area contributed by atoms with Crippen LogP contribution >= 0.6 is 0 Å². The molecular formula is C20H22N4O2. The fourth-order valence-electron chi connectivity index (χ4n) is 3.16. The summed E-state index contributed by atoms with van der Waals surface area (Å²) in [6.07, 6.45) is 1.69. The summed E-state index contributed by atoms with van der Waals surface area (Å²) in [5.74, 6) is 1.45. The molecular weight excluding hydrogens is 328 g/mol. The maximum atomic E-state index is 12.5. The summed E-state index contributed by atoms with van der Waals surface area (Å²) >= 11 is 0. The summed E-state index contributed by atoms with van der Waals surface area (Å²) in [6, 6.07) is 11.6. The van der Waals surface area contributed by atoms with Crippen LogP contribution in [0.1, 0.15) is 16.7 Å². The molecule has 0 saturated carbocycles. The zero-order chi connectivity index (χ0) is 18.5. The minimum absolute atomic E-state index is 0.0196. The minimum atomic E-state index is -0.0196. The number of para-hydroxylation sites is 1. The van der Waals surface area contributed by atoms with Crippen LogP contribution in [0.15, 0.2) is 36.5 Å². The Labute approximate surface area is 153 Å². The van der Waals surface area contributed by atoms with Crippen molar-refractivity contribution in [2.24, 2.45) is 0 Å². The number of piperazine rings is 1. The molecule has 6 nitrogen and oxygen atoms in total. The second-order valence-electron chi connectivity index (χ2n) is 6.36. The van der Waals surface area contributed by atoms with Gasteiger partial charge in [-0.1, -0.05) is 18.2 Å². The predicted molar refractivity (Wildman–Crippen MR) is 99.2 cm³/mol. The Morgan fingerprint density at radius 3 is 2.50 bits per heavy atom. The first kappa shape index (κ1) is 17.7. The number of pyridine rings is 1. The van der Waals surface area contributed by atoms with Gasteiger partial charge < -0.3 is 14.5 Å². The lowest BCUT2D eigenvalue weighted by molar-refractivity contribution is -0.133. The fraction of sp³-hybridized carbons (Fsp3) is 0.350. The number of anilines is 1. The molecule has 1 aliphatic heterocycles. The Morgan fingerprint density at radius 2 is 1.85 bits per heavy atom. The number of nitrogens with zero attached hydrogens (tertiary/aromatic N) is 4. The SMILES string of the molecule is Cc1cccc(C)c1OCC(=O)N1CCN(c2ncccc2C#N)CC1. The zero-order valence-electron chi connectivity index (χ0n) is 15.1. The zero-order valence-corrected chi connectivity index (χ0v) is 15.1. The van der Waals surface area contributed by atoms with E-state index in [9.17, 15) is 10.1 Å². The molecule has 2 heterocycles. The van der Waals surface area contributed by atoms with Gasteiger partial charge in [0.2, 0.25) is 0 Å². The van der Waals surface area contributed by atoms with Crippen molar-refractivity contribution in [3.8, 4) is 11.8 Å². The highest BCUT2D eigenvalue weighted by molar-refractivity contribution is 5.78. The molecule has 134 valence electrons. The number of aromatic nitrogens is 1. The Morgan fingerprint density at radius 1 is 1.15 bits per heavy atom. The highest BCUT2D eigenvalue weighted by atomic mass is 16.5. The molecule has 1 amide bonds. The molecule has 0 radical (unpaired) electrons. The van der Waals surface area contributed by atoms with Crippen molar-refractivity contribution in [1.29, 1.82) is 5.26 Å². The molecule has 1 fully saturated rings. The van der Waals surface area contributed by atoms with Crippen molar-refractivity contribution in [1.82, 2.24) is 9.88 Å². The van der Waals surface area contributed by atoms with Gasteiger partial charge in [0.1, 0.15) is 17.6 Å². The highest BCUT2D eigenvalue weighted by Gasteiger charge is 2.23. The van der Waals surface area contributed by atoms with E-state index in [-0.39, 0.29) is 12.5 Å². The monoisotopic (exact) mass is 350 g/mol. The van der Waals surface area contributed by atoms with Gasteiger partial charge >= 0.3 is 0 Å². The molecule has 0 spiro atoms. The van der Waals surface area contributed by atoms with Gasteiger partial charge in [-0.3, -0.25) is 4.79 Å². The van der Waals surface area contributed by atoms with Crippen LogP contribution in [-0.2, 0) is 4.79 Å². The molecule has 1 aromatic carbocycles. The van der Waals surface area contributed by atoms with Crippen molar-refractivity contribution >= 4 is 11.7 Å². The van der Waals surface area contributed by atoms with Crippen LogP contribution < -0.4 is 9.64 Å². The molecule has 26 heavy (non-hydrogen) atoms. The third-order valence-electron chi connectivity index (χ3n) is 4.59. The molecule has 2 aromatic rings. The van der Waals surface area contributed by atoms with Gasteiger partial charge in [0.15, 0.2) is 6.61 Å². The number of rotatable bonds is 4. The second kappa shape index (κ2) is 7.87. The summed E-state index contributed by atoms with van der Waals surface area (Å²) < 4.78 is 5.77. The normalized spacial score (nSPS) is 14.0. The molecule has 1 aromatic heterocycles. The van der Waals surface area contributed by atoms with E-state index < -0.39 is 0 Å². The molecule has 1 saturated heterocycles. The van der Waals surface area contributed by atoms with Crippen molar-refractivity contribution in [3.63, 3.8) is 0 Å². The van der Waals surface area contributed by atoms with Crippen LogP contribution in [-0.4, -0.2) is 48.6 Å². The highest BCUT2D eigenvalue weighted by Crippen LogP contribution is 2.22. The van der Waals surface area contributed by atoms with Crippen LogP contribution in [0.2, 0.25) is 0 Å². The van der Waals surface area contributed by atoms with E-state index in [0.717, 1.165) is 16.9 Å². The molecule has 1 aliphatic rings. The first-order valence-corrected chi connectivity index (χ1v) is 8.67. The van der Waals surface area contributed by atoms with Gasteiger partial charge in [-0.2, -0.15) is 5.26 Å². The van der Waals surface area contributed by atoms with Crippen molar-refractivity contribution in [2.75, 3.05) is 37.7 Å². The smallest absolute Gasteiger partial charge is 0.260 e. The number of benzene rings is 1. The average Bonchev–Trinajstić information content (AvgIpc) is 2.67. The molecule has 0 aliphatic carbocycles. The summed E-state index contributed by atoms with van der Waals surface area (Å²) in [7, 11) is 0. The van der Waals surface area contributed by atoms with Crippen LogP contribution in [0.3, 0.4) is 0 Å². The molecule has 0 N–H and O–H groups in total. The average molecular weight is 350 g/mol. The fourth-order valence-corrected chi connectivity index (χ4v) is 3.16. The molecule has 0 unspecified atom stereocenters. The van der Waals surface area contributed by atoms with Crippen molar-refractivity contribution in [3.05, 3.63) is 53.2 Å². The van der Waals surface area contributed by atoms with E-state index in [4.69, 9.17) is 4.74 Å². The molecule has 3 rings (SSSR count). The number of ether oxygens (including phenoxy) is 1. The van der Waals surface area contributed by atoms with Gasteiger partial charge in [-0.05, 0) is 37.1 Å². The third kappa shape index (κ3) is 3.77. The quantitative estimate of drug-likeness (QED) is 0.846. The van der Waals surface area contributed by atoms with Gasteiger partial charge in [-0.15, -0.1) is 0 Å². The van der Waals surface area contributed by atoms with E-state index >= 15 is 0 Å². The molecule has 0 bridgehead atoms. The number of carbonyl (C=O) groups excluding carboxylic acids is 1. The number of amides is 1. The topological polar surface area (TPSA) is 69.5 Å². The van der Waals surface area contributed by atoms with E-state index in [1.165, 1.54) is 0 Å². The van der Waals surface area contributed by atoms with Gasteiger partial charge in [-0.25, -0.2) is 4.98 Å². The van der Waals surface area contributed by atoms with Gasteiger partial charge in [0.05, 0.1) is 5.56 Å². The van der Waals surface area contributed by atoms with Gasteiger partial charge in [0.25, 0.3) is 5.91 Å². The number of aryl methyl sites for hydroxylation is 2. The lowest BCUT2D eigenvalue weighted by Gasteiger charge is -2.35. The van der Waals surface area contributed by atoms with E-state index in [0.29, 0.717) is 37.6 Å². The first-order chi connectivity index (χ1) is 12.6. The van der Waals surface area contributed by atoms with Crippen molar-refractivity contribution in [2.45, 2.75) is 13.8 Å². The minimum Gasteiger partial charge on any atom is -0.483 e. The largest absolute Gasteiger partial charge is 0.483 e. The molecule has 6 heteroatoms. The van der Waals surface area contributed by atoms with Crippen molar-refractivity contribution < 1.29 is 9.53 Å². The third-order valence-corrected chi connectivity index (χ3v) is 4.59. The van der Waals surface area contributed by atoms with Crippen LogP contribution in [0.4, 0.5) is 5.82 Å². The number of nitriles is 1. The molecule has 0 atom stereocenters. The maximum Gasteiger partial charge on any atom is 0.260 e. The van der Waals surface area contributed by atoms with E-state index in [2.05, 4.69) is 16.0 Å². The Bertz CT molecular complexity index is 816. The Balaban J connectivity index is 1.56. The lowest BCUT2D eigenvalue weighted by atomic mass is 10.1. The maximum absolute atomic E-state index is 12.5. The standard InChI is InChI=1S/C20H22N4O2/c1-15-5-3-6-16(2)19(15)26-14-18(25)23-9-11-24(12-10-23)20-17(13-21)7-4-8-22-20/h3-8H,9-12,14H2,1-2H3. The number of carbonyl (C=O) groups is 1. The Kier molecular flexibility index (Phi) is 5.37. The summed E-state index contributed by atoms with van der Waals surface area (Å²) in [4.78, 5) is 20.6. The van der Waals surface area contributed by atoms with Gasteiger partial charge in [0, 0.05) is 32.4 Å². The van der Waals surface area contributed by atoms with E-state index in [1.807, 2.05) is 32.0 Å². The summed E-state index contributed by atoms with van der Waals surface area (Å²) in [6.45, 7) is 6.49. The van der Waals surface area contributed by atoms with Crippen LogP contribution in [0.5, 0.6) is 5.75 Å². The summed E-state index contributed by atoms with van der Waals surface area (Å²) in [5.41, 5.74) is 2.62. The summed E-state index contributed by atoms with van der Waals surface area (Å²) in [5, 5.41) is 9.21. The predicted octanol–water partition coefficient (Wildman–Crippen LogP) is 2.30. The second-order valence-corrected chi connectivity index (χ2v) is 6.36. The van der Waals surface area contributed by atoms with E-state index in [1.54, 1.807) is 23.2 Å². The lowest BCUT2D eigenvalue weighted by Crippen LogP contribution is -2.50. The number of hydrogen-bond acceptors (Lipinski definition) is 5. The number of hydrogen-bond donors (Lipinski definition) is 0. The van der Waals surface area contributed by atoms with Crippen LogP contribution in [0, 0.1) is 25.2 Å². The van der Waals surface area contributed by atoms with Crippen LogP contribution in [0.25, 0.3) is 0 Å².